The van der Waals surface area contributed by atoms with Crippen LogP contribution in [0.3, 0.4) is 0 Å². The molecule has 0 aliphatic carbocycles. The Morgan fingerprint density at radius 3 is 2.57 bits per heavy atom. The van der Waals surface area contributed by atoms with Crippen LogP contribution in [0.1, 0.15) is 38.2 Å². The lowest BCUT2D eigenvalue weighted by Crippen LogP contribution is -3.00. The number of ketones is 1. The van der Waals surface area contributed by atoms with Gasteiger partial charge in [-0.25, -0.2) is 9.13 Å². The van der Waals surface area contributed by atoms with Gasteiger partial charge in [0.2, 0.25) is 12.1 Å². The molecule has 0 bridgehead atoms. The molecule has 4 aromatic rings. The van der Waals surface area contributed by atoms with Gasteiger partial charge in [-0.2, -0.15) is 0 Å². The Kier molecular flexibility index (Phi) is 6.36. The predicted molar refractivity (Wildman–Crippen MR) is 134 cm³/mol. The lowest BCUT2D eigenvalue weighted by atomic mass is 9.99. The lowest BCUT2D eigenvalue weighted by molar-refractivity contribution is -0.663. The van der Waals surface area contributed by atoms with Crippen molar-refractivity contribution in [1.29, 1.82) is 0 Å². The SMILES string of the molecule is Cc1cc2c(cc1C)[n+](Cc1c3c(cc4c1OCC4)OCC3)cn2CC(=O)c1ccc(Br)cc1.[Cl-]. The number of aryl methyl sites for hydroxylation is 2. The summed E-state index contributed by atoms with van der Waals surface area (Å²) in [5, 5.41) is 0. The number of carbonyl (C=O) groups is 1. The van der Waals surface area contributed by atoms with Crippen LogP contribution >= 0.6 is 15.9 Å². The van der Waals surface area contributed by atoms with Gasteiger partial charge in [-0.1, -0.05) is 28.1 Å². The smallest absolute Gasteiger partial charge is 0.245 e. The number of hydrogen-bond donors (Lipinski definition) is 0. The maximum atomic E-state index is 13.1. The minimum atomic E-state index is 0. The second-order valence-corrected chi connectivity index (χ2v) is 10.2. The highest BCUT2D eigenvalue weighted by Crippen LogP contribution is 2.40. The first-order valence-electron chi connectivity index (χ1n) is 11.7. The predicted octanol–water partition coefficient (Wildman–Crippen LogP) is 2.11. The van der Waals surface area contributed by atoms with Crippen molar-refractivity contribution in [1.82, 2.24) is 4.57 Å². The van der Waals surface area contributed by atoms with Crippen molar-refractivity contribution < 1.29 is 31.2 Å². The van der Waals surface area contributed by atoms with Gasteiger partial charge in [0.1, 0.15) is 18.0 Å². The van der Waals surface area contributed by atoms with Crippen LogP contribution in [-0.4, -0.2) is 23.6 Å². The average Bonchev–Trinajstić information content (AvgIpc) is 3.55. The molecule has 3 heterocycles. The quantitative estimate of drug-likeness (QED) is 0.281. The van der Waals surface area contributed by atoms with Gasteiger partial charge in [-0.05, 0) is 55.3 Å². The summed E-state index contributed by atoms with van der Waals surface area (Å²) in [6, 6.07) is 14.1. The Morgan fingerprint density at radius 2 is 1.77 bits per heavy atom. The van der Waals surface area contributed by atoms with Gasteiger partial charge in [0, 0.05) is 39.6 Å². The fraction of sp³-hybridized carbons (Fsp3) is 0.286. The first-order chi connectivity index (χ1) is 16.5. The van der Waals surface area contributed by atoms with E-state index in [9.17, 15) is 4.79 Å². The molecule has 3 aromatic carbocycles. The number of halogens is 2. The van der Waals surface area contributed by atoms with E-state index in [4.69, 9.17) is 9.47 Å². The third-order valence-corrected chi connectivity index (χ3v) is 7.59. The molecule has 1 aromatic heterocycles. The zero-order valence-corrected chi connectivity index (χ0v) is 22.1. The summed E-state index contributed by atoms with van der Waals surface area (Å²) >= 11 is 3.45. The summed E-state index contributed by atoms with van der Waals surface area (Å²) in [5.41, 5.74) is 9.05. The lowest BCUT2D eigenvalue weighted by Gasteiger charge is -2.11. The van der Waals surface area contributed by atoms with E-state index in [0.29, 0.717) is 12.1 Å². The highest BCUT2D eigenvalue weighted by atomic mass is 79.9. The van der Waals surface area contributed by atoms with E-state index in [-0.39, 0.29) is 24.7 Å². The molecule has 0 amide bonds. The number of rotatable bonds is 5. The van der Waals surface area contributed by atoms with Gasteiger partial charge in [-0.3, -0.25) is 4.79 Å². The van der Waals surface area contributed by atoms with Gasteiger partial charge >= 0.3 is 0 Å². The minimum Gasteiger partial charge on any atom is -1.00 e. The second kappa shape index (κ2) is 9.32. The summed E-state index contributed by atoms with van der Waals surface area (Å²) in [7, 11) is 0. The summed E-state index contributed by atoms with van der Waals surface area (Å²) in [5.74, 6) is 2.11. The fourth-order valence-corrected chi connectivity index (χ4v) is 5.36. The van der Waals surface area contributed by atoms with E-state index in [1.165, 1.54) is 27.8 Å². The first kappa shape index (κ1) is 23.9. The van der Waals surface area contributed by atoms with Crippen molar-refractivity contribution in [2.75, 3.05) is 13.2 Å². The number of fused-ring (bicyclic) bond motifs is 3. The number of imidazole rings is 1. The Labute approximate surface area is 219 Å². The number of nitrogens with zero attached hydrogens (tertiary/aromatic N) is 2. The topological polar surface area (TPSA) is 44.3 Å². The van der Waals surface area contributed by atoms with Crippen LogP contribution in [0.15, 0.2) is 53.3 Å². The summed E-state index contributed by atoms with van der Waals surface area (Å²) in [6.45, 7) is 6.67. The monoisotopic (exact) mass is 552 g/mol. The molecule has 0 N–H and O–H groups in total. The number of ether oxygens (including phenoxy) is 2. The van der Waals surface area contributed by atoms with Gasteiger partial charge in [-0.15, -0.1) is 0 Å². The van der Waals surface area contributed by atoms with Crippen molar-refractivity contribution >= 4 is 32.7 Å². The van der Waals surface area contributed by atoms with Crippen LogP contribution in [0, 0.1) is 13.8 Å². The average molecular weight is 554 g/mol. The Balaban J connectivity index is 0.00000253. The van der Waals surface area contributed by atoms with Gasteiger partial charge in [0.05, 0.1) is 13.2 Å². The molecule has 180 valence electrons. The van der Waals surface area contributed by atoms with Crippen LogP contribution in [0.25, 0.3) is 11.0 Å². The Hall–Kier alpha value is -2.83. The molecular formula is C28H26BrClN2O3. The minimum absolute atomic E-state index is 0. The van der Waals surface area contributed by atoms with Crippen LogP contribution in [-0.2, 0) is 25.9 Å². The molecule has 35 heavy (non-hydrogen) atoms. The van der Waals surface area contributed by atoms with Crippen LogP contribution in [0.4, 0.5) is 0 Å². The highest BCUT2D eigenvalue weighted by Gasteiger charge is 2.29. The fourth-order valence-electron chi connectivity index (χ4n) is 5.09. The van der Waals surface area contributed by atoms with Crippen LogP contribution in [0.2, 0.25) is 0 Å². The van der Waals surface area contributed by atoms with E-state index in [2.05, 4.69) is 63.4 Å². The summed E-state index contributed by atoms with van der Waals surface area (Å²) < 4.78 is 17.3. The van der Waals surface area contributed by atoms with Crippen molar-refractivity contribution in [2.24, 2.45) is 0 Å². The Morgan fingerprint density at radius 1 is 1.03 bits per heavy atom. The first-order valence-corrected chi connectivity index (χ1v) is 12.5. The number of Topliss-reactive ketones (excluding diaryl/α,β-unsaturated/α-hetero) is 1. The molecule has 0 unspecified atom stereocenters. The molecule has 0 saturated carbocycles. The highest BCUT2D eigenvalue weighted by molar-refractivity contribution is 9.10. The summed E-state index contributed by atoms with van der Waals surface area (Å²) in [4.78, 5) is 13.1. The number of carbonyl (C=O) groups excluding carboxylic acids is 1. The third-order valence-electron chi connectivity index (χ3n) is 7.06. The van der Waals surface area contributed by atoms with E-state index in [1.54, 1.807) is 0 Å². The second-order valence-electron chi connectivity index (χ2n) is 9.24. The molecule has 0 atom stereocenters. The van der Waals surface area contributed by atoms with Crippen molar-refractivity contribution in [3.8, 4) is 11.5 Å². The molecular weight excluding hydrogens is 528 g/mol. The van der Waals surface area contributed by atoms with Gasteiger partial charge in [0.15, 0.2) is 17.6 Å². The third kappa shape index (κ3) is 4.23. The molecule has 0 spiro atoms. The molecule has 0 radical (unpaired) electrons. The van der Waals surface area contributed by atoms with Gasteiger partial charge in [0.25, 0.3) is 0 Å². The van der Waals surface area contributed by atoms with E-state index in [1.807, 2.05) is 24.3 Å². The zero-order chi connectivity index (χ0) is 23.4. The molecule has 2 aliphatic rings. The van der Waals surface area contributed by atoms with Gasteiger partial charge < -0.3 is 21.9 Å². The Bertz CT molecular complexity index is 1430. The van der Waals surface area contributed by atoms with E-state index < -0.39 is 0 Å². The molecule has 0 saturated heterocycles. The number of benzene rings is 3. The van der Waals surface area contributed by atoms with E-state index >= 15 is 0 Å². The molecule has 0 fully saturated rings. The maximum Gasteiger partial charge on any atom is 0.245 e. The van der Waals surface area contributed by atoms with Crippen molar-refractivity contribution in [3.63, 3.8) is 0 Å². The molecule has 7 heteroatoms. The maximum absolute atomic E-state index is 13.1. The number of aromatic nitrogens is 2. The van der Waals surface area contributed by atoms with Crippen molar-refractivity contribution in [3.05, 3.63) is 86.6 Å². The largest absolute Gasteiger partial charge is 1.00 e. The molecule has 2 aliphatic heterocycles. The van der Waals surface area contributed by atoms with Crippen LogP contribution in [0.5, 0.6) is 11.5 Å². The molecule has 5 nitrogen and oxygen atoms in total. The molecule has 6 rings (SSSR count). The summed E-state index contributed by atoms with van der Waals surface area (Å²) in [6.07, 6.45) is 3.91. The van der Waals surface area contributed by atoms with Crippen molar-refractivity contribution in [2.45, 2.75) is 39.8 Å². The standard InChI is InChI=1S/C28H26BrN2O3.ClH/c1-17-11-24-25(12-18(17)2)31(15-26(32)19-3-5-21(29)6-4-19)16-30(24)14-23-22-8-10-33-27(22)13-20-7-9-34-28(20)23;/h3-6,11-13,16H,7-10,14-15H2,1-2H3;1H/q+1;/p-1. The van der Waals surface area contributed by atoms with E-state index in [0.717, 1.165) is 53.1 Å². The van der Waals surface area contributed by atoms with Crippen LogP contribution < -0.4 is 26.4 Å². The number of hydrogen-bond acceptors (Lipinski definition) is 3. The normalized spacial score (nSPS) is 13.7. The zero-order valence-electron chi connectivity index (χ0n) is 19.7.